The zero-order valence-corrected chi connectivity index (χ0v) is 12.2. The molecule has 0 aliphatic heterocycles. The maximum atomic E-state index is 11.8. The fourth-order valence-corrected chi connectivity index (χ4v) is 2.47. The van der Waals surface area contributed by atoms with Crippen LogP contribution in [0.5, 0.6) is 0 Å². The molecule has 1 aliphatic carbocycles. The fraction of sp³-hybridized carbons (Fsp3) is 0.857. The van der Waals surface area contributed by atoms with Gasteiger partial charge in [-0.05, 0) is 32.1 Å². The molecule has 5 nitrogen and oxygen atoms in total. The van der Waals surface area contributed by atoms with E-state index in [0.717, 1.165) is 12.8 Å². The maximum Gasteiger partial charge on any atom is 0.315 e. The first-order valence-corrected chi connectivity index (χ1v) is 7.11. The summed E-state index contributed by atoms with van der Waals surface area (Å²) in [7, 11) is 0. The Morgan fingerprint density at radius 1 is 1.21 bits per heavy atom. The molecule has 1 saturated carbocycles. The number of carboxylic acid groups (broad SMARTS) is 1. The molecule has 2 atom stereocenters. The molecule has 0 aromatic heterocycles. The van der Waals surface area contributed by atoms with Crippen molar-refractivity contribution in [2.24, 2.45) is 11.3 Å². The number of amides is 2. The molecule has 0 bridgehead atoms. The van der Waals surface area contributed by atoms with Crippen LogP contribution in [0.1, 0.15) is 52.9 Å². The van der Waals surface area contributed by atoms with Gasteiger partial charge in [-0.2, -0.15) is 0 Å². The molecule has 0 heterocycles. The molecule has 1 aliphatic rings. The molecular formula is C14H26N2O3. The first-order chi connectivity index (χ1) is 8.84. The molecule has 1 rings (SSSR count). The Bertz CT molecular complexity index is 325. The van der Waals surface area contributed by atoms with Crippen molar-refractivity contribution in [1.29, 1.82) is 0 Å². The van der Waals surface area contributed by atoms with Gasteiger partial charge >= 0.3 is 12.0 Å². The lowest BCUT2D eigenvalue weighted by molar-refractivity contribution is -0.141. The molecule has 110 valence electrons. The van der Waals surface area contributed by atoms with E-state index in [2.05, 4.69) is 17.6 Å². The lowest BCUT2D eigenvalue weighted by atomic mass is 9.76. The fourth-order valence-electron chi connectivity index (χ4n) is 2.47. The molecule has 3 N–H and O–H groups in total. The molecule has 2 unspecified atom stereocenters. The van der Waals surface area contributed by atoms with Gasteiger partial charge in [-0.25, -0.2) is 4.79 Å². The van der Waals surface area contributed by atoms with E-state index in [1.807, 2.05) is 0 Å². The van der Waals surface area contributed by atoms with E-state index in [1.54, 1.807) is 13.8 Å². The Balaban J connectivity index is 2.33. The Morgan fingerprint density at radius 2 is 1.79 bits per heavy atom. The Morgan fingerprint density at radius 3 is 2.32 bits per heavy atom. The van der Waals surface area contributed by atoms with Crippen LogP contribution in [0.3, 0.4) is 0 Å². The predicted molar refractivity (Wildman–Crippen MR) is 74.0 cm³/mol. The van der Waals surface area contributed by atoms with Crippen molar-refractivity contribution < 1.29 is 14.7 Å². The second-order valence-electron chi connectivity index (χ2n) is 6.11. The number of rotatable bonds is 5. The first kappa shape index (κ1) is 15.8. The molecule has 0 spiro atoms. The molecule has 0 aromatic carbocycles. The highest BCUT2D eigenvalue weighted by Crippen LogP contribution is 2.34. The number of nitrogens with one attached hydrogen (secondary N) is 2. The van der Waals surface area contributed by atoms with Crippen molar-refractivity contribution in [2.45, 2.75) is 58.9 Å². The summed E-state index contributed by atoms with van der Waals surface area (Å²) in [5.41, 5.74) is 0.192. The number of hydrogen-bond donors (Lipinski definition) is 3. The van der Waals surface area contributed by atoms with Gasteiger partial charge in [-0.15, -0.1) is 0 Å². The molecule has 1 fully saturated rings. The first-order valence-electron chi connectivity index (χ1n) is 7.11. The van der Waals surface area contributed by atoms with Crippen molar-refractivity contribution in [3.05, 3.63) is 0 Å². The average molecular weight is 270 g/mol. The number of aliphatic carboxylic acids is 1. The minimum absolute atomic E-state index is 0.192. The Kier molecular flexibility index (Phi) is 5.63. The minimum Gasteiger partial charge on any atom is -0.481 e. The van der Waals surface area contributed by atoms with Crippen LogP contribution in [0, 0.1) is 11.3 Å². The average Bonchev–Trinajstić information content (AvgIpc) is 2.36. The number of carboxylic acids is 1. The topological polar surface area (TPSA) is 78.4 Å². The van der Waals surface area contributed by atoms with Crippen LogP contribution in [0.2, 0.25) is 0 Å². The molecule has 0 saturated heterocycles. The molecule has 2 amide bonds. The maximum absolute atomic E-state index is 11.8. The number of carbonyl (C=O) groups is 2. The van der Waals surface area contributed by atoms with Crippen LogP contribution < -0.4 is 10.6 Å². The second kappa shape index (κ2) is 6.78. The minimum atomic E-state index is -0.896. The van der Waals surface area contributed by atoms with Gasteiger partial charge in [0.25, 0.3) is 0 Å². The summed E-state index contributed by atoms with van der Waals surface area (Å²) in [5.74, 6) is -1.48. The quantitative estimate of drug-likeness (QED) is 0.717. The SMILES string of the molecule is CC(NC(=O)NCC1(C)CCCCC1)C(C)C(=O)O. The normalized spacial score (nSPS) is 21.2. The monoisotopic (exact) mass is 270 g/mol. The Labute approximate surface area is 115 Å². The van der Waals surface area contributed by atoms with E-state index in [4.69, 9.17) is 5.11 Å². The smallest absolute Gasteiger partial charge is 0.315 e. The summed E-state index contributed by atoms with van der Waals surface area (Å²) in [6.07, 6.45) is 6.04. The number of hydrogen-bond acceptors (Lipinski definition) is 2. The van der Waals surface area contributed by atoms with Gasteiger partial charge < -0.3 is 15.7 Å². The van der Waals surface area contributed by atoms with Gasteiger partial charge in [0.1, 0.15) is 0 Å². The van der Waals surface area contributed by atoms with E-state index in [-0.39, 0.29) is 17.5 Å². The second-order valence-corrected chi connectivity index (χ2v) is 6.11. The van der Waals surface area contributed by atoms with E-state index < -0.39 is 11.9 Å². The predicted octanol–water partition coefficient (Wildman–Crippen LogP) is 2.37. The van der Waals surface area contributed by atoms with Crippen LogP contribution in [-0.4, -0.2) is 29.7 Å². The van der Waals surface area contributed by atoms with E-state index in [0.29, 0.717) is 6.54 Å². The van der Waals surface area contributed by atoms with Crippen molar-refractivity contribution in [1.82, 2.24) is 10.6 Å². The van der Waals surface area contributed by atoms with Crippen molar-refractivity contribution >= 4 is 12.0 Å². The Hall–Kier alpha value is -1.26. The summed E-state index contributed by atoms with van der Waals surface area (Å²) in [4.78, 5) is 22.6. The summed E-state index contributed by atoms with van der Waals surface area (Å²) < 4.78 is 0. The highest BCUT2D eigenvalue weighted by molar-refractivity contribution is 5.76. The molecule has 0 aromatic rings. The van der Waals surface area contributed by atoms with Gasteiger partial charge in [0.15, 0.2) is 0 Å². The summed E-state index contributed by atoms with van der Waals surface area (Å²) in [6, 6.07) is -0.649. The lowest BCUT2D eigenvalue weighted by Gasteiger charge is -2.33. The van der Waals surface area contributed by atoms with Crippen LogP contribution in [-0.2, 0) is 4.79 Å². The van der Waals surface area contributed by atoms with Crippen LogP contribution in [0.4, 0.5) is 4.79 Å². The third-order valence-corrected chi connectivity index (χ3v) is 4.23. The summed E-state index contributed by atoms with van der Waals surface area (Å²) in [5, 5.41) is 14.4. The van der Waals surface area contributed by atoms with Crippen LogP contribution in [0.25, 0.3) is 0 Å². The largest absolute Gasteiger partial charge is 0.481 e. The van der Waals surface area contributed by atoms with Crippen molar-refractivity contribution in [3.8, 4) is 0 Å². The number of carbonyl (C=O) groups excluding carboxylic acids is 1. The summed E-state index contributed by atoms with van der Waals surface area (Å²) >= 11 is 0. The third kappa shape index (κ3) is 5.09. The standard InChI is InChI=1S/C14H26N2O3/c1-10(12(17)18)11(2)16-13(19)15-9-14(3)7-5-4-6-8-14/h10-11H,4-9H2,1-3H3,(H,17,18)(H2,15,16,19). The molecule has 0 radical (unpaired) electrons. The van der Waals surface area contributed by atoms with Crippen molar-refractivity contribution in [3.63, 3.8) is 0 Å². The van der Waals surface area contributed by atoms with E-state index in [9.17, 15) is 9.59 Å². The van der Waals surface area contributed by atoms with E-state index >= 15 is 0 Å². The van der Waals surface area contributed by atoms with Gasteiger partial charge in [0.2, 0.25) is 0 Å². The van der Waals surface area contributed by atoms with Gasteiger partial charge in [-0.3, -0.25) is 4.79 Å². The number of urea groups is 1. The van der Waals surface area contributed by atoms with Gasteiger partial charge in [0.05, 0.1) is 5.92 Å². The lowest BCUT2D eigenvalue weighted by Crippen LogP contribution is -2.48. The molecular weight excluding hydrogens is 244 g/mol. The molecule has 5 heteroatoms. The van der Waals surface area contributed by atoms with Crippen LogP contribution >= 0.6 is 0 Å². The highest BCUT2D eigenvalue weighted by Gasteiger charge is 2.27. The highest BCUT2D eigenvalue weighted by atomic mass is 16.4. The van der Waals surface area contributed by atoms with Gasteiger partial charge in [0, 0.05) is 12.6 Å². The zero-order valence-electron chi connectivity index (χ0n) is 12.2. The zero-order chi connectivity index (χ0) is 14.5. The molecule has 19 heavy (non-hydrogen) atoms. The van der Waals surface area contributed by atoms with Crippen LogP contribution in [0.15, 0.2) is 0 Å². The summed E-state index contributed by atoms with van der Waals surface area (Å²) in [6.45, 7) is 6.17. The third-order valence-electron chi connectivity index (χ3n) is 4.23. The van der Waals surface area contributed by atoms with Gasteiger partial charge in [-0.1, -0.05) is 26.2 Å². The van der Waals surface area contributed by atoms with E-state index in [1.165, 1.54) is 19.3 Å². The van der Waals surface area contributed by atoms with Crippen molar-refractivity contribution in [2.75, 3.05) is 6.54 Å².